The van der Waals surface area contributed by atoms with E-state index in [4.69, 9.17) is 0 Å². The standard InChI is InChI=1S/C36H22S2.C36H22S.C36H24.CH4B.7CH3B/c1-3-19-33-29(13-1)31-17-7-15-27(35(31)37-33)25-11-5-9-23(21-25)24-10-6-12-26(22-24)28-16-8-18-32-30-14-2-4-20-34(30)38-36(28)32;1-2-13-29-27(11-1)28-12-3-4-14-30(28)34-22-24(19-20-31(29)34)23-9-7-10-25(21-23)26-16-8-17-33-32-15-5-6-18-35(32)37-36(26)33;1-2-10-25(11-3-1)26-12-8-13-27(22-26)28-14-9-15-29(23-28)30-20-21-35-33-18-5-4-16-31(33)32-17-6-7-19-34(32)36(35)24-30;8*1-2/h1-22H;1-22H;1-24H;2H,1H3;7*1H3. The van der Waals surface area contributed by atoms with Gasteiger partial charge < -0.3 is 0 Å². The van der Waals surface area contributed by atoms with Crippen molar-refractivity contribution in [1.29, 1.82) is 0 Å². The van der Waals surface area contributed by atoms with Crippen LogP contribution >= 0.6 is 34.0 Å². The minimum atomic E-state index is 1.23. The van der Waals surface area contributed by atoms with E-state index >= 15 is 0 Å². The summed E-state index contributed by atoms with van der Waals surface area (Å²) in [4.78, 5) is 0. The molecule has 20 aromatic carbocycles. The molecule has 0 saturated carbocycles. The van der Waals surface area contributed by atoms with Gasteiger partial charge in [-0.05, 0) is 214 Å². The maximum atomic E-state index is 4.50. The molecule has 0 spiro atoms. The van der Waals surface area contributed by atoms with Gasteiger partial charge in [0.1, 0.15) is 0 Å². The Morgan fingerprint density at radius 2 is 0.307 bits per heavy atom. The Morgan fingerprint density at radius 1 is 0.134 bits per heavy atom. The van der Waals surface area contributed by atoms with E-state index < -0.39 is 0 Å². The van der Waals surface area contributed by atoms with E-state index in [1.807, 2.05) is 34.0 Å². The molecule has 0 saturated heterocycles. The first-order valence-corrected chi connectivity index (χ1v) is 45.2. The Labute approximate surface area is 771 Å². The average molecular weight is 1670 g/mol. The number of hydrogen-bond acceptors (Lipinski definition) is 3. The van der Waals surface area contributed by atoms with Gasteiger partial charge in [0, 0.05) is 60.5 Å². The molecule has 0 N–H and O–H groups in total. The van der Waals surface area contributed by atoms with Crippen molar-refractivity contribution in [3.8, 4) is 89.0 Å². The van der Waals surface area contributed by atoms with Crippen LogP contribution in [0, 0.1) is 0 Å². The van der Waals surface area contributed by atoms with Gasteiger partial charge in [0.2, 0.25) is 0 Å². The lowest BCUT2D eigenvalue weighted by Gasteiger charge is -2.13. The normalized spacial score (nSPS) is 10.5. The lowest BCUT2D eigenvalue weighted by Crippen LogP contribution is -1.86. The Kier molecular flexibility index (Phi) is 32.4. The highest BCUT2D eigenvalue weighted by molar-refractivity contribution is 7.27. The van der Waals surface area contributed by atoms with Crippen LogP contribution in [0.25, 0.3) is 214 Å². The van der Waals surface area contributed by atoms with Crippen molar-refractivity contribution in [3.05, 3.63) is 413 Å². The summed E-state index contributed by atoms with van der Waals surface area (Å²) in [6.07, 6.45) is 0. The third-order valence-electron chi connectivity index (χ3n) is 22.4. The van der Waals surface area contributed by atoms with Crippen LogP contribution in [0.4, 0.5) is 0 Å². The Bertz CT molecular complexity index is 7410. The number of hydrogen-bond donors (Lipinski definition) is 0. The fourth-order valence-corrected chi connectivity index (χ4v) is 20.8. The van der Waals surface area contributed by atoms with Crippen LogP contribution in [0.3, 0.4) is 0 Å². The summed E-state index contributed by atoms with van der Waals surface area (Å²) in [6.45, 7) is 12.2. The quantitative estimate of drug-likeness (QED) is 0.105. The third kappa shape index (κ3) is 19.2. The second-order valence-corrected chi connectivity index (χ2v) is 32.0. The van der Waals surface area contributed by atoms with Crippen LogP contribution in [0.5, 0.6) is 0 Å². The van der Waals surface area contributed by atoms with Crippen LogP contribution in [-0.2, 0) is 0 Å². The molecule has 0 fully saturated rings. The van der Waals surface area contributed by atoms with E-state index in [0.29, 0.717) is 0 Å². The van der Waals surface area contributed by atoms with Crippen molar-refractivity contribution >= 4 is 222 Å². The van der Waals surface area contributed by atoms with E-state index in [2.05, 4.69) is 475 Å². The van der Waals surface area contributed by atoms with Gasteiger partial charge in [-0.3, -0.25) is 0 Å². The molecular weight excluding hydrogens is 1580 g/mol. The van der Waals surface area contributed by atoms with Crippen molar-refractivity contribution in [3.63, 3.8) is 0 Å². The molecule has 11 heteroatoms. The molecule has 0 unspecified atom stereocenters. The molecular formula is C116H93B8S3. The topological polar surface area (TPSA) is 0 Å². The van der Waals surface area contributed by atoms with Crippen LogP contribution in [0.2, 0.25) is 54.6 Å². The van der Waals surface area contributed by atoms with Crippen molar-refractivity contribution < 1.29 is 0 Å². The zero-order valence-electron chi connectivity index (χ0n) is 73.2. The third-order valence-corrected chi connectivity index (χ3v) is 26.0. The maximum absolute atomic E-state index is 4.50. The molecule has 15 radical (unpaired) electrons. The van der Waals surface area contributed by atoms with Crippen LogP contribution in [0.15, 0.2) is 413 Å². The van der Waals surface area contributed by atoms with E-state index in [-0.39, 0.29) is 0 Å². The molecule has 0 atom stereocenters. The average Bonchev–Trinajstić information content (AvgIpc) is 1.49. The summed E-state index contributed by atoms with van der Waals surface area (Å²) < 4.78 is 8.10. The van der Waals surface area contributed by atoms with Crippen LogP contribution in [0.1, 0.15) is 0 Å². The van der Waals surface area contributed by atoms with E-state index in [9.17, 15) is 0 Å². The molecule has 0 aliphatic heterocycles. The van der Waals surface area contributed by atoms with Crippen LogP contribution < -0.4 is 0 Å². The SMILES string of the molecule is [BH]C.[B]C.[B]C.[B]C.[B]C.[B]C.[B]C.[B]C.c1cc(-c2ccc3c4ccccc4c4ccccc4c3c2)cc(-c2cccc3c2sc2ccccc23)c1.c1cc(-c2cccc(-c3cccc4c3sc3ccccc34)c2)cc(-c2cccc3c2sc2ccccc23)c1.c1ccc(-c2cccc(-c3cccc(-c4ccc5c6ccccc6c6ccccc6c5c4)c3)c2)cc1. The first kappa shape index (κ1) is 91.8. The van der Waals surface area contributed by atoms with Crippen molar-refractivity contribution in [1.82, 2.24) is 0 Å². The van der Waals surface area contributed by atoms with Gasteiger partial charge in [0.15, 0.2) is 0 Å². The monoisotopic (exact) mass is 1670 g/mol. The molecule has 0 amide bonds. The highest BCUT2D eigenvalue weighted by Crippen LogP contribution is 2.47. The van der Waals surface area contributed by atoms with Gasteiger partial charge in [0.25, 0.3) is 0 Å². The van der Waals surface area contributed by atoms with Gasteiger partial charge >= 0.3 is 0 Å². The molecule has 23 aromatic rings. The van der Waals surface area contributed by atoms with Crippen molar-refractivity contribution in [2.75, 3.05) is 0 Å². The largest absolute Gasteiger partial charge is 0.135 e. The summed E-state index contributed by atoms with van der Waals surface area (Å²) in [5.41, 5.74) is 20.1. The summed E-state index contributed by atoms with van der Waals surface area (Å²) in [5, 5.41) is 23.8. The first-order chi connectivity index (χ1) is 63.0. The smallest absolute Gasteiger partial charge is 0.0823 e. The number of benzene rings is 20. The molecule has 3 aromatic heterocycles. The fourth-order valence-electron chi connectivity index (χ4n) is 17.1. The molecule has 0 aliphatic carbocycles. The molecule has 0 bridgehead atoms. The molecule has 23 rings (SSSR count). The number of fused-ring (bicyclic) bond motifs is 21. The van der Waals surface area contributed by atoms with E-state index in [1.54, 1.807) is 6.82 Å². The van der Waals surface area contributed by atoms with Gasteiger partial charge in [-0.25, -0.2) is 0 Å². The molecule has 0 nitrogen and oxygen atoms in total. The number of rotatable bonds is 8. The Balaban J connectivity index is 0.000000151. The highest BCUT2D eigenvalue weighted by atomic mass is 32.1. The number of thiophene rings is 3. The Morgan fingerprint density at radius 3 is 0.575 bits per heavy atom. The Hall–Kier alpha value is -12.9. The lowest BCUT2D eigenvalue weighted by atomic mass is 9.91. The fraction of sp³-hybridized carbons (Fsp3) is 0.0690. The van der Waals surface area contributed by atoms with Gasteiger partial charge in [0.05, 0.1) is 62.8 Å². The predicted molar refractivity (Wildman–Crippen MR) is 581 cm³/mol. The summed E-state index contributed by atoms with van der Waals surface area (Å²) >= 11 is 5.67. The second kappa shape index (κ2) is 44.8. The predicted octanol–water partition coefficient (Wildman–Crippen LogP) is 33.8. The van der Waals surface area contributed by atoms with E-state index in [0.717, 1.165) is 0 Å². The van der Waals surface area contributed by atoms with E-state index in [1.165, 1.54) is 262 Å². The van der Waals surface area contributed by atoms with Crippen molar-refractivity contribution in [2.45, 2.75) is 54.6 Å². The zero-order chi connectivity index (χ0) is 89.3. The summed E-state index contributed by atoms with van der Waals surface area (Å²) in [5.74, 6) is 0. The summed E-state index contributed by atoms with van der Waals surface area (Å²) in [6, 6.07) is 151. The highest BCUT2D eigenvalue weighted by Gasteiger charge is 2.18. The zero-order valence-corrected chi connectivity index (χ0v) is 75.7. The lowest BCUT2D eigenvalue weighted by molar-refractivity contribution is 1.58. The molecule has 3 heterocycles. The van der Waals surface area contributed by atoms with Crippen molar-refractivity contribution in [2.24, 2.45) is 0 Å². The minimum Gasteiger partial charge on any atom is -0.135 e. The van der Waals surface area contributed by atoms with Gasteiger partial charge in [-0.2, -0.15) is 0 Å². The minimum absolute atomic E-state index is 1.23. The summed E-state index contributed by atoms with van der Waals surface area (Å²) in [7, 11) is 34.8. The van der Waals surface area contributed by atoms with Gasteiger partial charge in [-0.15, -0.1) is 34.0 Å². The first-order valence-electron chi connectivity index (χ1n) is 42.7. The maximum Gasteiger partial charge on any atom is 0.0823 e. The van der Waals surface area contributed by atoms with Gasteiger partial charge in [-0.1, -0.05) is 406 Å². The van der Waals surface area contributed by atoms with Crippen LogP contribution in [-0.4, -0.2) is 62.8 Å². The molecule has 127 heavy (non-hydrogen) atoms. The molecule has 0 aliphatic rings. The molecule has 599 valence electrons. The second-order valence-electron chi connectivity index (χ2n) is 28.8.